The molecule has 0 atom stereocenters. The molecule has 2 aromatic rings. The lowest BCUT2D eigenvalue weighted by atomic mass is 9.97. The number of nitrogens with zero attached hydrogens (tertiary/aromatic N) is 4. The highest BCUT2D eigenvalue weighted by molar-refractivity contribution is 5.67. The van der Waals surface area contributed by atoms with E-state index in [4.69, 9.17) is 5.26 Å². The van der Waals surface area contributed by atoms with Gasteiger partial charge in [-0.25, -0.2) is 9.97 Å². The van der Waals surface area contributed by atoms with Crippen LogP contribution in [0.25, 0.3) is 11.1 Å². The molecule has 0 radical (unpaired) electrons. The normalized spacial score (nSPS) is 10.1. The average molecular weight is 252 g/mol. The van der Waals surface area contributed by atoms with Gasteiger partial charge >= 0.3 is 0 Å². The molecule has 96 valence electrons. The molecule has 0 amide bonds. The van der Waals surface area contributed by atoms with E-state index < -0.39 is 0 Å². The van der Waals surface area contributed by atoms with E-state index in [0.717, 1.165) is 11.1 Å². The zero-order valence-electron chi connectivity index (χ0n) is 11.6. The molecule has 1 aromatic heterocycles. The van der Waals surface area contributed by atoms with E-state index in [0.29, 0.717) is 5.95 Å². The van der Waals surface area contributed by atoms with E-state index in [1.807, 2.05) is 6.19 Å². The van der Waals surface area contributed by atoms with Gasteiger partial charge in [0.25, 0.3) is 0 Å². The third-order valence-electron chi connectivity index (χ3n) is 3.24. The number of hydrogen-bond donors (Lipinski definition) is 0. The van der Waals surface area contributed by atoms with E-state index in [-0.39, 0.29) is 0 Å². The Balaban J connectivity index is 2.43. The minimum absolute atomic E-state index is 0.410. The zero-order chi connectivity index (χ0) is 14.0. The van der Waals surface area contributed by atoms with E-state index in [9.17, 15) is 0 Å². The van der Waals surface area contributed by atoms with Crippen LogP contribution in [0.2, 0.25) is 0 Å². The van der Waals surface area contributed by atoms with Crippen LogP contribution < -0.4 is 4.90 Å². The van der Waals surface area contributed by atoms with Crippen LogP contribution in [0.4, 0.5) is 5.95 Å². The summed E-state index contributed by atoms with van der Waals surface area (Å²) in [7, 11) is 1.64. The van der Waals surface area contributed by atoms with Crippen LogP contribution in [0.3, 0.4) is 0 Å². The Hall–Kier alpha value is -2.41. The molecule has 0 fully saturated rings. The van der Waals surface area contributed by atoms with Gasteiger partial charge in [0.05, 0.1) is 0 Å². The third kappa shape index (κ3) is 2.55. The summed E-state index contributed by atoms with van der Waals surface area (Å²) in [5.41, 5.74) is 5.83. The van der Waals surface area contributed by atoms with Gasteiger partial charge in [0.15, 0.2) is 6.19 Å². The van der Waals surface area contributed by atoms with Crippen molar-refractivity contribution < 1.29 is 0 Å². The monoisotopic (exact) mass is 252 g/mol. The van der Waals surface area contributed by atoms with Gasteiger partial charge in [-0.05, 0) is 43.0 Å². The molecule has 0 aliphatic heterocycles. The number of anilines is 1. The molecule has 0 N–H and O–H groups in total. The summed E-state index contributed by atoms with van der Waals surface area (Å²) in [5, 5.41) is 8.78. The third-order valence-corrected chi connectivity index (χ3v) is 3.24. The van der Waals surface area contributed by atoms with Gasteiger partial charge in [0, 0.05) is 25.0 Å². The Kier molecular flexibility index (Phi) is 3.48. The molecule has 1 heterocycles. The van der Waals surface area contributed by atoms with Crippen molar-refractivity contribution >= 4 is 5.95 Å². The number of aryl methyl sites for hydroxylation is 3. The van der Waals surface area contributed by atoms with Crippen molar-refractivity contribution in [2.24, 2.45) is 0 Å². The second-order valence-electron chi connectivity index (χ2n) is 4.68. The Bertz CT molecular complexity index is 638. The molecular formula is C15H16N4. The first-order valence-electron chi connectivity index (χ1n) is 6.06. The Morgan fingerprint density at radius 3 is 2.16 bits per heavy atom. The van der Waals surface area contributed by atoms with E-state index in [2.05, 4.69) is 42.9 Å². The summed E-state index contributed by atoms with van der Waals surface area (Å²) in [6, 6.07) is 4.32. The molecule has 0 saturated heterocycles. The van der Waals surface area contributed by atoms with Crippen LogP contribution in [0.5, 0.6) is 0 Å². The minimum atomic E-state index is 0.410. The molecule has 0 aliphatic carbocycles. The molecule has 0 aliphatic rings. The second-order valence-corrected chi connectivity index (χ2v) is 4.68. The number of benzene rings is 1. The van der Waals surface area contributed by atoms with Crippen LogP contribution in [0.1, 0.15) is 16.7 Å². The highest BCUT2D eigenvalue weighted by Crippen LogP contribution is 2.25. The smallest absolute Gasteiger partial charge is 0.238 e. The van der Waals surface area contributed by atoms with Gasteiger partial charge in [-0.2, -0.15) is 5.26 Å². The van der Waals surface area contributed by atoms with Crippen molar-refractivity contribution in [3.8, 4) is 17.3 Å². The first-order valence-corrected chi connectivity index (χ1v) is 6.06. The van der Waals surface area contributed by atoms with Gasteiger partial charge in [-0.3, -0.25) is 4.90 Å². The Morgan fingerprint density at radius 2 is 1.58 bits per heavy atom. The molecule has 4 nitrogen and oxygen atoms in total. The Morgan fingerprint density at radius 1 is 1.00 bits per heavy atom. The summed E-state index contributed by atoms with van der Waals surface area (Å²) < 4.78 is 0. The minimum Gasteiger partial charge on any atom is -0.250 e. The molecule has 0 saturated carbocycles. The second kappa shape index (κ2) is 5.07. The highest BCUT2D eigenvalue weighted by Gasteiger charge is 2.07. The van der Waals surface area contributed by atoms with Crippen LogP contribution in [-0.4, -0.2) is 17.0 Å². The zero-order valence-corrected chi connectivity index (χ0v) is 11.6. The molecule has 1 aromatic carbocycles. The molecule has 2 rings (SSSR count). The van der Waals surface area contributed by atoms with E-state index in [1.165, 1.54) is 21.6 Å². The lowest BCUT2D eigenvalue weighted by Gasteiger charge is -2.11. The van der Waals surface area contributed by atoms with Gasteiger partial charge in [0.2, 0.25) is 5.95 Å². The van der Waals surface area contributed by atoms with Crippen LogP contribution in [-0.2, 0) is 0 Å². The summed E-state index contributed by atoms with van der Waals surface area (Å²) in [5.74, 6) is 0.410. The number of rotatable bonds is 2. The van der Waals surface area contributed by atoms with Crippen LogP contribution >= 0.6 is 0 Å². The molecule has 19 heavy (non-hydrogen) atoms. The van der Waals surface area contributed by atoms with Crippen molar-refractivity contribution in [2.75, 3.05) is 11.9 Å². The maximum Gasteiger partial charge on any atom is 0.238 e. The number of aromatic nitrogens is 2. The van der Waals surface area contributed by atoms with Crippen molar-refractivity contribution in [3.05, 3.63) is 41.2 Å². The number of nitriles is 1. The van der Waals surface area contributed by atoms with E-state index in [1.54, 1.807) is 19.4 Å². The SMILES string of the molecule is Cc1cc(C)c(-c2cnc(N(C)C#N)nc2)cc1C. The van der Waals surface area contributed by atoms with Crippen LogP contribution in [0.15, 0.2) is 24.5 Å². The predicted octanol–water partition coefficient (Wildman–Crippen LogP) is 2.99. The first-order chi connectivity index (χ1) is 9.02. The quantitative estimate of drug-likeness (QED) is 0.609. The van der Waals surface area contributed by atoms with Gasteiger partial charge < -0.3 is 0 Å². The fourth-order valence-corrected chi connectivity index (χ4v) is 1.95. The molecule has 0 bridgehead atoms. The molecular weight excluding hydrogens is 236 g/mol. The molecule has 4 heteroatoms. The van der Waals surface area contributed by atoms with Crippen molar-refractivity contribution in [1.82, 2.24) is 9.97 Å². The predicted molar refractivity (Wildman–Crippen MR) is 75.7 cm³/mol. The largest absolute Gasteiger partial charge is 0.250 e. The first kappa shape index (κ1) is 13.0. The maximum atomic E-state index is 8.78. The highest BCUT2D eigenvalue weighted by atomic mass is 15.2. The van der Waals surface area contributed by atoms with Crippen molar-refractivity contribution in [2.45, 2.75) is 20.8 Å². The lowest BCUT2D eigenvalue weighted by Crippen LogP contribution is -2.11. The molecule has 0 unspecified atom stereocenters. The van der Waals surface area contributed by atoms with Crippen molar-refractivity contribution in [1.29, 1.82) is 5.26 Å². The number of hydrogen-bond acceptors (Lipinski definition) is 4. The fourth-order valence-electron chi connectivity index (χ4n) is 1.95. The average Bonchev–Trinajstić information content (AvgIpc) is 2.42. The lowest BCUT2D eigenvalue weighted by molar-refractivity contribution is 1.04. The summed E-state index contributed by atoms with van der Waals surface area (Å²) >= 11 is 0. The van der Waals surface area contributed by atoms with E-state index >= 15 is 0 Å². The van der Waals surface area contributed by atoms with Crippen molar-refractivity contribution in [3.63, 3.8) is 0 Å². The molecule has 0 spiro atoms. The topological polar surface area (TPSA) is 52.8 Å². The van der Waals surface area contributed by atoms with Gasteiger partial charge in [-0.15, -0.1) is 0 Å². The maximum absolute atomic E-state index is 8.78. The summed E-state index contributed by atoms with van der Waals surface area (Å²) in [4.78, 5) is 9.75. The van der Waals surface area contributed by atoms with Gasteiger partial charge in [-0.1, -0.05) is 12.1 Å². The fraction of sp³-hybridized carbons (Fsp3) is 0.267. The van der Waals surface area contributed by atoms with Crippen LogP contribution in [0, 0.1) is 32.2 Å². The summed E-state index contributed by atoms with van der Waals surface area (Å²) in [6.07, 6.45) is 5.49. The van der Waals surface area contributed by atoms with Gasteiger partial charge in [0.1, 0.15) is 0 Å². The Labute approximate surface area is 113 Å². The standard InChI is InChI=1S/C15H16N4/c1-10-5-12(3)14(6-11(10)2)13-7-17-15(18-8-13)19(4)9-16/h5-8H,1-4H3. The summed E-state index contributed by atoms with van der Waals surface area (Å²) in [6.45, 7) is 6.28.